The second-order valence-corrected chi connectivity index (χ2v) is 9.21. The highest BCUT2D eigenvalue weighted by atomic mass is 32.2. The third kappa shape index (κ3) is 10.1. The first-order chi connectivity index (χ1) is 14.6. The Morgan fingerprint density at radius 2 is 1.80 bits per heavy atom. The number of aryl methyl sites for hydroxylation is 2. The Bertz CT molecular complexity index is 770. The maximum absolute atomic E-state index is 10.5. The SMILES string of the molecule is COc1ccc(CCCCCSc2ccc(CNCCCO[PH](=O)O)cc2C)cc1. The fraction of sp³-hybridized carbons (Fsp3) is 0.478. The van der Waals surface area contributed by atoms with E-state index in [0.717, 1.165) is 37.4 Å². The van der Waals surface area contributed by atoms with Crippen molar-refractivity contribution in [2.75, 3.05) is 26.0 Å². The van der Waals surface area contributed by atoms with Crippen molar-refractivity contribution in [3.63, 3.8) is 0 Å². The van der Waals surface area contributed by atoms with E-state index in [-0.39, 0.29) is 0 Å². The monoisotopic (exact) mass is 451 g/mol. The molecule has 0 aliphatic carbocycles. The third-order valence-electron chi connectivity index (χ3n) is 4.82. The average Bonchev–Trinajstić information content (AvgIpc) is 2.74. The molecular formula is C23H34NO4PS. The summed E-state index contributed by atoms with van der Waals surface area (Å²) in [5, 5.41) is 3.34. The fourth-order valence-electron chi connectivity index (χ4n) is 3.16. The molecule has 2 aromatic carbocycles. The zero-order chi connectivity index (χ0) is 21.6. The van der Waals surface area contributed by atoms with Gasteiger partial charge in [0, 0.05) is 11.4 Å². The lowest BCUT2D eigenvalue weighted by Crippen LogP contribution is -2.16. The van der Waals surface area contributed by atoms with Crippen LogP contribution in [0.15, 0.2) is 47.4 Å². The van der Waals surface area contributed by atoms with Gasteiger partial charge in [-0.1, -0.05) is 30.7 Å². The van der Waals surface area contributed by atoms with Crippen LogP contribution in [-0.4, -0.2) is 30.9 Å². The zero-order valence-corrected chi connectivity index (χ0v) is 19.8. The Labute approximate surface area is 185 Å². The van der Waals surface area contributed by atoms with E-state index in [9.17, 15) is 4.57 Å². The number of nitrogens with one attached hydrogen (secondary N) is 1. The molecule has 1 unspecified atom stereocenters. The molecule has 2 aromatic rings. The summed E-state index contributed by atoms with van der Waals surface area (Å²) in [5.41, 5.74) is 3.95. The van der Waals surface area contributed by atoms with Gasteiger partial charge in [0.25, 0.3) is 0 Å². The number of hydrogen-bond donors (Lipinski definition) is 2. The molecule has 0 heterocycles. The number of hydrogen-bond acceptors (Lipinski definition) is 5. The van der Waals surface area contributed by atoms with Crippen molar-refractivity contribution in [2.45, 2.75) is 50.5 Å². The highest BCUT2D eigenvalue weighted by Gasteiger charge is 2.02. The van der Waals surface area contributed by atoms with E-state index in [2.05, 4.69) is 47.1 Å². The molecule has 0 amide bonds. The van der Waals surface area contributed by atoms with Crippen LogP contribution < -0.4 is 10.1 Å². The van der Waals surface area contributed by atoms with Crippen molar-refractivity contribution in [3.8, 4) is 5.75 Å². The topological polar surface area (TPSA) is 67.8 Å². The van der Waals surface area contributed by atoms with Gasteiger partial charge < -0.3 is 19.5 Å². The summed E-state index contributed by atoms with van der Waals surface area (Å²) >= 11 is 1.94. The molecule has 0 saturated carbocycles. The van der Waals surface area contributed by atoms with Crippen LogP contribution in [0.5, 0.6) is 5.75 Å². The highest BCUT2D eigenvalue weighted by Crippen LogP contribution is 2.25. The summed E-state index contributed by atoms with van der Waals surface area (Å²) in [5.74, 6) is 2.06. The molecule has 1 atom stereocenters. The molecule has 7 heteroatoms. The van der Waals surface area contributed by atoms with Gasteiger partial charge in [0.1, 0.15) is 5.75 Å². The molecule has 2 rings (SSSR count). The molecule has 0 bridgehead atoms. The minimum atomic E-state index is -2.80. The van der Waals surface area contributed by atoms with Crippen LogP contribution in [0, 0.1) is 6.92 Å². The normalized spacial score (nSPS) is 12.1. The second kappa shape index (κ2) is 14.7. The van der Waals surface area contributed by atoms with Gasteiger partial charge >= 0.3 is 8.25 Å². The minimum Gasteiger partial charge on any atom is -0.497 e. The molecule has 5 nitrogen and oxygen atoms in total. The number of unbranched alkanes of at least 4 members (excludes halogenated alkanes) is 2. The first kappa shape index (κ1) is 25.0. The van der Waals surface area contributed by atoms with Crippen molar-refractivity contribution in [2.24, 2.45) is 0 Å². The molecule has 0 spiro atoms. The van der Waals surface area contributed by atoms with E-state index in [1.807, 2.05) is 23.9 Å². The van der Waals surface area contributed by atoms with Crippen LogP contribution in [0.2, 0.25) is 0 Å². The highest BCUT2D eigenvalue weighted by molar-refractivity contribution is 7.99. The van der Waals surface area contributed by atoms with Crippen LogP contribution in [0.4, 0.5) is 0 Å². The first-order valence-electron chi connectivity index (χ1n) is 10.5. The predicted octanol–water partition coefficient (Wildman–Crippen LogP) is 5.39. The lowest BCUT2D eigenvalue weighted by atomic mass is 10.1. The Balaban J connectivity index is 1.58. The molecule has 0 aliphatic heterocycles. The average molecular weight is 452 g/mol. The fourth-order valence-corrected chi connectivity index (χ4v) is 4.49. The summed E-state index contributed by atoms with van der Waals surface area (Å²) in [6.07, 6.45) is 5.54. The van der Waals surface area contributed by atoms with Crippen molar-refractivity contribution in [3.05, 3.63) is 59.2 Å². The Kier molecular flexibility index (Phi) is 12.2. The van der Waals surface area contributed by atoms with Gasteiger partial charge in [-0.25, -0.2) is 0 Å². The summed E-state index contributed by atoms with van der Waals surface area (Å²) in [6, 6.07) is 15.0. The number of ether oxygens (including phenoxy) is 1. The number of methoxy groups -OCH3 is 1. The van der Waals surface area contributed by atoms with Gasteiger partial charge in [-0.05, 0) is 79.8 Å². The maximum Gasteiger partial charge on any atom is 0.316 e. The first-order valence-corrected chi connectivity index (χ1v) is 12.7. The van der Waals surface area contributed by atoms with Gasteiger partial charge in [0.15, 0.2) is 0 Å². The van der Waals surface area contributed by atoms with Crippen LogP contribution in [0.25, 0.3) is 0 Å². The molecule has 30 heavy (non-hydrogen) atoms. The van der Waals surface area contributed by atoms with Gasteiger partial charge in [0.2, 0.25) is 0 Å². The van der Waals surface area contributed by atoms with Gasteiger partial charge in [-0.15, -0.1) is 11.8 Å². The molecule has 0 radical (unpaired) electrons. The van der Waals surface area contributed by atoms with E-state index in [1.54, 1.807) is 7.11 Å². The largest absolute Gasteiger partial charge is 0.497 e. The van der Waals surface area contributed by atoms with E-state index < -0.39 is 8.25 Å². The van der Waals surface area contributed by atoms with E-state index in [1.165, 1.54) is 40.8 Å². The number of rotatable bonds is 15. The third-order valence-corrected chi connectivity index (χ3v) is 6.53. The quantitative estimate of drug-likeness (QED) is 0.215. The van der Waals surface area contributed by atoms with Crippen LogP contribution in [-0.2, 0) is 22.1 Å². The standard InChI is InChI=1S/C23H34NO4PS/c1-19-17-21(18-24-14-6-15-28-29(25)26)10-13-23(19)30-16-5-3-4-7-20-8-11-22(27-2)12-9-20/h8-13,17,24,29H,3-7,14-16,18H2,1-2H3,(H,25,26). The lowest BCUT2D eigenvalue weighted by Gasteiger charge is -2.10. The van der Waals surface area contributed by atoms with Crippen molar-refractivity contribution in [1.82, 2.24) is 5.32 Å². The molecular weight excluding hydrogens is 417 g/mol. The zero-order valence-electron chi connectivity index (χ0n) is 18.0. The molecule has 2 N–H and O–H groups in total. The summed E-state index contributed by atoms with van der Waals surface area (Å²) in [6.45, 7) is 4.05. The maximum atomic E-state index is 10.5. The lowest BCUT2D eigenvalue weighted by molar-refractivity contribution is 0.276. The minimum absolute atomic E-state index is 0.315. The van der Waals surface area contributed by atoms with Crippen molar-refractivity contribution >= 4 is 20.0 Å². The second-order valence-electron chi connectivity index (χ2n) is 7.25. The summed E-state index contributed by atoms with van der Waals surface area (Å²) in [4.78, 5) is 9.97. The summed E-state index contributed by atoms with van der Waals surface area (Å²) in [7, 11) is -1.10. The smallest absolute Gasteiger partial charge is 0.316 e. The van der Waals surface area contributed by atoms with Gasteiger partial charge in [-0.3, -0.25) is 4.57 Å². The Hall–Kier alpha value is -1.30. The molecule has 166 valence electrons. The predicted molar refractivity (Wildman–Crippen MR) is 126 cm³/mol. The van der Waals surface area contributed by atoms with Gasteiger partial charge in [0.05, 0.1) is 13.7 Å². The molecule has 0 saturated heterocycles. The van der Waals surface area contributed by atoms with E-state index in [4.69, 9.17) is 9.63 Å². The summed E-state index contributed by atoms with van der Waals surface area (Å²) < 4.78 is 20.3. The van der Waals surface area contributed by atoms with Crippen LogP contribution >= 0.6 is 20.0 Å². The van der Waals surface area contributed by atoms with Crippen LogP contribution in [0.1, 0.15) is 42.4 Å². The van der Waals surface area contributed by atoms with Crippen molar-refractivity contribution < 1.29 is 18.7 Å². The number of thioether (sulfide) groups is 1. The molecule has 0 aliphatic rings. The van der Waals surface area contributed by atoms with Crippen LogP contribution in [0.3, 0.4) is 0 Å². The molecule has 0 aromatic heterocycles. The van der Waals surface area contributed by atoms with Gasteiger partial charge in [-0.2, -0.15) is 0 Å². The number of benzene rings is 2. The Morgan fingerprint density at radius 1 is 1.03 bits per heavy atom. The Morgan fingerprint density at radius 3 is 2.50 bits per heavy atom. The van der Waals surface area contributed by atoms with E-state index >= 15 is 0 Å². The molecule has 0 fully saturated rings. The van der Waals surface area contributed by atoms with Crippen molar-refractivity contribution in [1.29, 1.82) is 0 Å². The van der Waals surface area contributed by atoms with E-state index in [0.29, 0.717) is 6.61 Å².